The standard InChI is InChI=1S/C22H16ClF2NOS/c23-18-6-2-1-5-15(18)17-12-28-22(16-8-7-14(24)10-19(16)25)20(17)21(27)13-4-3-9-26-11-13/h1-11,17,21,27H,12H2. The van der Waals surface area contributed by atoms with Crippen LogP contribution < -0.4 is 0 Å². The Morgan fingerprint density at radius 2 is 1.93 bits per heavy atom. The molecule has 0 bridgehead atoms. The number of aromatic nitrogens is 1. The van der Waals surface area contributed by atoms with Gasteiger partial charge >= 0.3 is 0 Å². The molecule has 0 saturated heterocycles. The Hall–Kier alpha value is -2.21. The number of rotatable bonds is 4. The summed E-state index contributed by atoms with van der Waals surface area (Å²) in [6.07, 6.45) is 2.23. The monoisotopic (exact) mass is 415 g/mol. The largest absolute Gasteiger partial charge is 0.384 e. The van der Waals surface area contributed by atoms with Crippen molar-refractivity contribution < 1.29 is 13.9 Å². The number of hydrogen-bond acceptors (Lipinski definition) is 3. The van der Waals surface area contributed by atoms with Gasteiger partial charge in [-0.2, -0.15) is 0 Å². The van der Waals surface area contributed by atoms with Crippen molar-refractivity contribution in [1.29, 1.82) is 0 Å². The minimum Gasteiger partial charge on any atom is -0.384 e. The van der Waals surface area contributed by atoms with Crippen LogP contribution in [0.5, 0.6) is 0 Å². The van der Waals surface area contributed by atoms with Gasteiger partial charge in [0.1, 0.15) is 17.7 Å². The van der Waals surface area contributed by atoms with Gasteiger partial charge in [-0.25, -0.2) is 8.78 Å². The van der Waals surface area contributed by atoms with Gasteiger partial charge in [-0.3, -0.25) is 4.98 Å². The first kappa shape index (κ1) is 19.1. The number of hydrogen-bond donors (Lipinski definition) is 1. The quantitative estimate of drug-likeness (QED) is 0.568. The highest BCUT2D eigenvalue weighted by Crippen LogP contribution is 2.52. The van der Waals surface area contributed by atoms with Crippen molar-refractivity contribution in [3.63, 3.8) is 0 Å². The molecule has 2 heterocycles. The van der Waals surface area contributed by atoms with Gasteiger partial charge in [-0.1, -0.05) is 35.9 Å². The molecule has 2 atom stereocenters. The molecule has 0 saturated carbocycles. The molecule has 1 N–H and O–H groups in total. The van der Waals surface area contributed by atoms with E-state index in [-0.39, 0.29) is 11.5 Å². The summed E-state index contributed by atoms with van der Waals surface area (Å²) in [5.74, 6) is -0.892. The summed E-state index contributed by atoms with van der Waals surface area (Å²) in [7, 11) is 0. The lowest BCUT2D eigenvalue weighted by Gasteiger charge is -2.22. The van der Waals surface area contributed by atoms with E-state index >= 15 is 0 Å². The van der Waals surface area contributed by atoms with Crippen molar-refractivity contribution in [2.24, 2.45) is 0 Å². The molecule has 4 rings (SSSR count). The van der Waals surface area contributed by atoms with Gasteiger partial charge in [0.05, 0.1) is 0 Å². The predicted molar refractivity (Wildman–Crippen MR) is 109 cm³/mol. The summed E-state index contributed by atoms with van der Waals surface area (Å²) in [5, 5.41) is 11.8. The molecule has 142 valence electrons. The summed E-state index contributed by atoms with van der Waals surface area (Å²) >= 11 is 7.85. The molecule has 0 amide bonds. The van der Waals surface area contributed by atoms with E-state index in [1.54, 1.807) is 30.6 Å². The average Bonchev–Trinajstić information content (AvgIpc) is 3.13. The van der Waals surface area contributed by atoms with E-state index in [0.29, 0.717) is 26.8 Å². The van der Waals surface area contributed by atoms with Crippen molar-refractivity contribution >= 4 is 28.3 Å². The smallest absolute Gasteiger partial charge is 0.134 e. The zero-order valence-corrected chi connectivity index (χ0v) is 16.2. The van der Waals surface area contributed by atoms with Gasteiger partial charge in [0, 0.05) is 51.2 Å². The fourth-order valence-corrected chi connectivity index (χ4v) is 5.15. The minimum absolute atomic E-state index is 0.201. The average molecular weight is 416 g/mol. The van der Waals surface area contributed by atoms with E-state index < -0.39 is 17.7 Å². The number of halogens is 3. The van der Waals surface area contributed by atoms with Crippen LogP contribution in [0.3, 0.4) is 0 Å². The molecule has 1 aromatic heterocycles. The molecule has 0 radical (unpaired) electrons. The number of aliphatic hydroxyl groups excluding tert-OH is 1. The second-order valence-corrected chi connectivity index (χ2v) is 7.92. The molecule has 28 heavy (non-hydrogen) atoms. The Morgan fingerprint density at radius 3 is 2.64 bits per heavy atom. The Balaban J connectivity index is 1.89. The number of benzene rings is 2. The lowest BCUT2D eigenvalue weighted by molar-refractivity contribution is 0.210. The molecule has 2 aromatic carbocycles. The molecule has 6 heteroatoms. The highest BCUT2D eigenvalue weighted by atomic mass is 35.5. The van der Waals surface area contributed by atoms with E-state index in [9.17, 15) is 13.9 Å². The zero-order valence-electron chi connectivity index (χ0n) is 14.6. The van der Waals surface area contributed by atoms with Gasteiger partial charge in [-0.05, 0) is 35.4 Å². The predicted octanol–water partition coefficient (Wildman–Crippen LogP) is 5.99. The summed E-state index contributed by atoms with van der Waals surface area (Å²) in [6.45, 7) is 0. The van der Waals surface area contributed by atoms with E-state index in [2.05, 4.69) is 4.98 Å². The zero-order chi connectivity index (χ0) is 19.7. The van der Waals surface area contributed by atoms with Crippen LogP contribution in [0.25, 0.3) is 4.91 Å². The van der Waals surface area contributed by atoms with Crippen LogP contribution in [0.1, 0.15) is 28.7 Å². The normalized spacial score (nSPS) is 17.8. The van der Waals surface area contributed by atoms with Gasteiger partial charge in [0.15, 0.2) is 0 Å². The molecule has 2 unspecified atom stereocenters. The fourth-order valence-electron chi connectivity index (χ4n) is 3.45. The first-order chi connectivity index (χ1) is 13.6. The third kappa shape index (κ3) is 3.58. The minimum atomic E-state index is -0.982. The Labute approximate surface area is 170 Å². The Morgan fingerprint density at radius 1 is 1.11 bits per heavy atom. The summed E-state index contributed by atoms with van der Waals surface area (Å²) in [5.41, 5.74) is 2.40. The van der Waals surface area contributed by atoms with Crippen molar-refractivity contribution in [3.05, 3.63) is 106 Å². The maximum Gasteiger partial charge on any atom is 0.134 e. The van der Waals surface area contributed by atoms with Crippen LogP contribution in [-0.2, 0) is 0 Å². The van der Waals surface area contributed by atoms with Crippen LogP contribution in [0.2, 0.25) is 5.02 Å². The molecular weight excluding hydrogens is 400 g/mol. The fraction of sp³-hybridized carbons (Fsp3) is 0.136. The van der Waals surface area contributed by atoms with E-state index in [1.165, 1.54) is 23.9 Å². The van der Waals surface area contributed by atoms with Crippen LogP contribution in [-0.4, -0.2) is 15.8 Å². The lowest BCUT2D eigenvalue weighted by Crippen LogP contribution is -2.11. The molecule has 1 aliphatic heterocycles. The number of aliphatic hydroxyl groups is 1. The number of thioether (sulfide) groups is 1. The van der Waals surface area contributed by atoms with E-state index in [1.807, 2.05) is 18.2 Å². The first-order valence-electron chi connectivity index (χ1n) is 8.71. The van der Waals surface area contributed by atoms with E-state index in [0.717, 1.165) is 11.6 Å². The third-order valence-corrected chi connectivity index (χ3v) is 6.37. The summed E-state index contributed by atoms with van der Waals surface area (Å²) in [4.78, 5) is 4.69. The van der Waals surface area contributed by atoms with Crippen molar-refractivity contribution in [3.8, 4) is 0 Å². The maximum atomic E-state index is 14.5. The van der Waals surface area contributed by atoms with Gasteiger partial charge < -0.3 is 5.11 Å². The maximum absolute atomic E-state index is 14.5. The van der Waals surface area contributed by atoms with Crippen molar-refractivity contribution in [1.82, 2.24) is 4.98 Å². The van der Waals surface area contributed by atoms with Crippen molar-refractivity contribution in [2.75, 3.05) is 5.75 Å². The number of nitrogens with zero attached hydrogens (tertiary/aromatic N) is 1. The second-order valence-electron chi connectivity index (χ2n) is 6.48. The van der Waals surface area contributed by atoms with Crippen LogP contribution in [0.4, 0.5) is 8.78 Å². The van der Waals surface area contributed by atoms with E-state index in [4.69, 9.17) is 11.6 Å². The Bertz CT molecular complexity index is 1040. The highest BCUT2D eigenvalue weighted by molar-refractivity contribution is 8.08. The molecule has 1 aliphatic rings. The Kier molecular flexibility index (Phi) is 5.49. The van der Waals surface area contributed by atoms with Gasteiger partial charge in [0.2, 0.25) is 0 Å². The van der Waals surface area contributed by atoms with Crippen molar-refractivity contribution in [2.45, 2.75) is 12.0 Å². The third-order valence-electron chi connectivity index (χ3n) is 4.78. The SMILES string of the molecule is OC(C1=C(c2ccc(F)cc2F)SCC1c1ccccc1Cl)c1cccnc1. The lowest BCUT2D eigenvalue weighted by atomic mass is 9.86. The molecule has 0 aliphatic carbocycles. The first-order valence-corrected chi connectivity index (χ1v) is 10.1. The summed E-state index contributed by atoms with van der Waals surface area (Å²) < 4.78 is 28.0. The molecule has 3 aromatic rings. The highest BCUT2D eigenvalue weighted by Gasteiger charge is 2.35. The number of pyridine rings is 1. The van der Waals surface area contributed by atoms with Gasteiger partial charge in [0.25, 0.3) is 0 Å². The topological polar surface area (TPSA) is 33.1 Å². The molecule has 2 nitrogen and oxygen atoms in total. The second kappa shape index (κ2) is 8.03. The van der Waals surface area contributed by atoms with Gasteiger partial charge in [-0.15, -0.1) is 11.8 Å². The molecular formula is C22H16ClF2NOS. The van der Waals surface area contributed by atoms with Crippen LogP contribution >= 0.6 is 23.4 Å². The van der Waals surface area contributed by atoms with Crippen LogP contribution in [0, 0.1) is 11.6 Å². The molecule has 0 fully saturated rings. The summed E-state index contributed by atoms with van der Waals surface area (Å²) in [6, 6.07) is 14.5. The van der Waals surface area contributed by atoms with Crippen LogP contribution in [0.15, 0.2) is 72.6 Å². The molecule has 0 spiro atoms.